The van der Waals surface area contributed by atoms with E-state index in [1.807, 2.05) is 43.3 Å². The third kappa shape index (κ3) is 2.93. The smallest absolute Gasteiger partial charge is 0.183 e. The van der Waals surface area contributed by atoms with Crippen molar-refractivity contribution in [2.75, 3.05) is 12.4 Å². The second kappa shape index (κ2) is 5.74. The molecule has 0 fully saturated rings. The highest BCUT2D eigenvalue weighted by Gasteiger charge is 2.08. The van der Waals surface area contributed by atoms with Crippen molar-refractivity contribution in [1.82, 2.24) is 9.97 Å². The fourth-order valence-electron chi connectivity index (χ4n) is 1.56. The molecule has 0 spiro atoms. The Balaban J connectivity index is 2.36. The van der Waals surface area contributed by atoms with Crippen molar-refractivity contribution < 1.29 is 0 Å². The van der Waals surface area contributed by atoms with Crippen LogP contribution in [0.3, 0.4) is 0 Å². The lowest BCUT2D eigenvalue weighted by atomic mass is 10.3. The van der Waals surface area contributed by atoms with Crippen LogP contribution in [0.25, 0.3) is 0 Å². The lowest BCUT2D eigenvalue weighted by molar-refractivity contribution is 1.08. The Bertz CT molecular complexity index is 641. The summed E-state index contributed by atoms with van der Waals surface area (Å²) in [6.45, 7) is 1.83. The molecule has 0 saturated heterocycles. The average molecular weight is 251 g/mol. The largest absolute Gasteiger partial charge is 0.371 e. The molecule has 1 N–H and O–H groups in total. The van der Waals surface area contributed by atoms with E-state index in [0.29, 0.717) is 11.5 Å². The summed E-state index contributed by atoms with van der Waals surface area (Å²) in [6, 6.07) is 11.6. The monoisotopic (exact) mass is 251 g/mol. The highest BCUT2D eigenvalue weighted by molar-refractivity contribution is 5.81. The van der Waals surface area contributed by atoms with Gasteiger partial charge in [0.25, 0.3) is 0 Å². The van der Waals surface area contributed by atoms with Gasteiger partial charge in [0.1, 0.15) is 11.8 Å². The number of rotatable bonds is 3. The summed E-state index contributed by atoms with van der Waals surface area (Å²) in [5.41, 5.74) is 2.42. The molecule has 0 aliphatic rings. The Morgan fingerprint density at radius 2 is 2.00 bits per heavy atom. The third-order valence-corrected chi connectivity index (χ3v) is 2.54. The van der Waals surface area contributed by atoms with Crippen LogP contribution in [0.2, 0.25) is 0 Å². The zero-order valence-electron chi connectivity index (χ0n) is 10.8. The number of nitrogens with one attached hydrogen (secondary N) is 1. The Morgan fingerprint density at radius 3 is 2.63 bits per heavy atom. The average Bonchev–Trinajstić information content (AvgIpc) is 2.46. The van der Waals surface area contributed by atoms with E-state index in [1.165, 1.54) is 0 Å². The summed E-state index contributed by atoms with van der Waals surface area (Å²) in [5, 5.41) is 11.9. The van der Waals surface area contributed by atoms with Gasteiger partial charge < -0.3 is 5.32 Å². The normalized spacial score (nSPS) is 10.4. The summed E-state index contributed by atoms with van der Waals surface area (Å²) >= 11 is 0. The first kappa shape index (κ1) is 12.7. The van der Waals surface area contributed by atoms with Gasteiger partial charge in [-0.2, -0.15) is 5.26 Å². The molecule has 0 aliphatic heterocycles. The zero-order chi connectivity index (χ0) is 13.7. The number of para-hydroxylation sites is 1. The van der Waals surface area contributed by atoms with Gasteiger partial charge in [-0.05, 0) is 19.1 Å². The molecule has 0 amide bonds. The molecule has 0 radical (unpaired) electrons. The number of aliphatic imine (C=N–C) groups is 1. The zero-order valence-corrected chi connectivity index (χ0v) is 10.8. The molecule has 1 aromatic heterocycles. The number of benzene rings is 1. The van der Waals surface area contributed by atoms with E-state index in [2.05, 4.69) is 20.3 Å². The summed E-state index contributed by atoms with van der Waals surface area (Å²) < 4.78 is 0. The SMILES string of the molecule is CNc1nc(C)c(C=Nc2ccccc2)nc1C#N. The molecule has 94 valence electrons. The quantitative estimate of drug-likeness (QED) is 0.850. The van der Waals surface area contributed by atoms with Crippen molar-refractivity contribution in [2.24, 2.45) is 4.99 Å². The molecule has 1 aromatic carbocycles. The number of anilines is 1. The van der Waals surface area contributed by atoms with Gasteiger partial charge in [0, 0.05) is 7.05 Å². The van der Waals surface area contributed by atoms with Crippen LogP contribution < -0.4 is 5.32 Å². The number of aryl methyl sites for hydroxylation is 1. The van der Waals surface area contributed by atoms with Crippen molar-refractivity contribution in [3.63, 3.8) is 0 Å². The first-order valence-electron chi connectivity index (χ1n) is 5.80. The van der Waals surface area contributed by atoms with Crippen molar-refractivity contribution >= 4 is 17.7 Å². The molecule has 5 heteroatoms. The Hall–Kier alpha value is -2.74. The number of hydrogen-bond acceptors (Lipinski definition) is 5. The Kier molecular flexibility index (Phi) is 3.84. The maximum absolute atomic E-state index is 9.01. The molecule has 2 rings (SSSR count). The van der Waals surface area contributed by atoms with Crippen LogP contribution in [0, 0.1) is 18.3 Å². The fourth-order valence-corrected chi connectivity index (χ4v) is 1.56. The van der Waals surface area contributed by atoms with Gasteiger partial charge in [-0.15, -0.1) is 0 Å². The van der Waals surface area contributed by atoms with Gasteiger partial charge in [0.05, 0.1) is 17.6 Å². The van der Waals surface area contributed by atoms with Crippen LogP contribution in [0.1, 0.15) is 17.1 Å². The number of hydrogen-bond donors (Lipinski definition) is 1. The van der Waals surface area contributed by atoms with E-state index in [1.54, 1.807) is 13.3 Å². The molecule has 2 aromatic rings. The van der Waals surface area contributed by atoms with E-state index in [0.717, 1.165) is 11.4 Å². The molecular formula is C14H13N5. The molecule has 0 bridgehead atoms. The molecule has 0 unspecified atom stereocenters. The molecular weight excluding hydrogens is 238 g/mol. The molecule has 19 heavy (non-hydrogen) atoms. The second-order valence-corrected chi connectivity index (χ2v) is 3.85. The highest BCUT2D eigenvalue weighted by atomic mass is 15.0. The van der Waals surface area contributed by atoms with Crippen LogP contribution in [-0.2, 0) is 0 Å². The van der Waals surface area contributed by atoms with E-state index >= 15 is 0 Å². The Morgan fingerprint density at radius 1 is 1.26 bits per heavy atom. The van der Waals surface area contributed by atoms with E-state index in [4.69, 9.17) is 5.26 Å². The number of nitriles is 1. The van der Waals surface area contributed by atoms with E-state index in [-0.39, 0.29) is 5.69 Å². The fraction of sp³-hybridized carbons (Fsp3) is 0.143. The minimum atomic E-state index is 0.266. The van der Waals surface area contributed by atoms with E-state index in [9.17, 15) is 0 Å². The summed E-state index contributed by atoms with van der Waals surface area (Å²) in [6.07, 6.45) is 1.62. The molecule has 5 nitrogen and oxygen atoms in total. The topological polar surface area (TPSA) is 74.0 Å². The number of aromatic nitrogens is 2. The van der Waals surface area contributed by atoms with Crippen LogP contribution in [0.5, 0.6) is 0 Å². The van der Waals surface area contributed by atoms with Gasteiger partial charge in [-0.1, -0.05) is 18.2 Å². The van der Waals surface area contributed by atoms with Crippen LogP contribution >= 0.6 is 0 Å². The first-order valence-corrected chi connectivity index (χ1v) is 5.80. The maximum Gasteiger partial charge on any atom is 0.183 e. The van der Waals surface area contributed by atoms with Gasteiger partial charge in [0.15, 0.2) is 11.5 Å². The molecule has 1 heterocycles. The predicted octanol–water partition coefficient (Wildman–Crippen LogP) is 2.45. The second-order valence-electron chi connectivity index (χ2n) is 3.85. The van der Waals surface area contributed by atoms with Gasteiger partial charge >= 0.3 is 0 Å². The third-order valence-electron chi connectivity index (χ3n) is 2.54. The lowest BCUT2D eigenvalue weighted by Crippen LogP contribution is -2.05. The van der Waals surface area contributed by atoms with Crippen molar-refractivity contribution in [2.45, 2.75) is 6.92 Å². The minimum absolute atomic E-state index is 0.266. The van der Waals surface area contributed by atoms with Crippen LogP contribution in [-0.4, -0.2) is 23.2 Å². The highest BCUT2D eigenvalue weighted by Crippen LogP contribution is 2.13. The lowest BCUT2D eigenvalue weighted by Gasteiger charge is -2.05. The predicted molar refractivity (Wildman–Crippen MR) is 74.7 cm³/mol. The molecule has 0 saturated carbocycles. The van der Waals surface area contributed by atoms with Crippen LogP contribution in [0.15, 0.2) is 35.3 Å². The van der Waals surface area contributed by atoms with Crippen molar-refractivity contribution in [3.05, 3.63) is 47.4 Å². The summed E-state index contributed by atoms with van der Waals surface area (Å²) in [4.78, 5) is 12.8. The van der Waals surface area contributed by atoms with Gasteiger partial charge in [-0.25, -0.2) is 9.97 Å². The Labute approximate surface area is 111 Å². The molecule has 0 aliphatic carbocycles. The van der Waals surface area contributed by atoms with Gasteiger partial charge in [0.2, 0.25) is 0 Å². The standard InChI is InChI=1S/C14H13N5/c1-10-13(9-17-11-6-4-3-5-7-11)19-12(8-15)14(16-2)18-10/h3-7,9H,1-2H3,(H,16,18). The maximum atomic E-state index is 9.01. The van der Waals surface area contributed by atoms with E-state index < -0.39 is 0 Å². The van der Waals surface area contributed by atoms with Gasteiger partial charge in [-0.3, -0.25) is 4.99 Å². The molecule has 0 atom stereocenters. The number of nitrogens with zero attached hydrogens (tertiary/aromatic N) is 4. The van der Waals surface area contributed by atoms with Crippen LogP contribution in [0.4, 0.5) is 11.5 Å². The van der Waals surface area contributed by atoms with Crippen molar-refractivity contribution in [1.29, 1.82) is 5.26 Å². The summed E-state index contributed by atoms with van der Waals surface area (Å²) in [5.74, 6) is 0.483. The summed E-state index contributed by atoms with van der Waals surface area (Å²) in [7, 11) is 1.71. The van der Waals surface area contributed by atoms with Crippen molar-refractivity contribution in [3.8, 4) is 6.07 Å². The minimum Gasteiger partial charge on any atom is -0.371 e. The first-order chi connectivity index (χ1) is 9.24.